The number of hydrogen-bond donors (Lipinski definition) is 0. The molecule has 4 heterocycles. The van der Waals surface area contributed by atoms with E-state index < -0.39 is 0 Å². The molecule has 8 nitrogen and oxygen atoms in total. The fourth-order valence-electron chi connectivity index (χ4n) is 3.67. The van der Waals surface area contributed by atoms with E-state index in [2.05, 4.69) is 50.5 Å². The van der Waals surface area contributed by atoms with E-state index in [1.54, 1.807) is 6.07 Å². The van der Waals surface area contributed by atoms with Crippen LogP contribution in [0.5, 0.6) is 0 Å². The summed E-state index contributed by atoms with van der Waals surface area (Å²) in [5, 5.41) is 13.9. The molecule has 1 saturated heterocycles. The number of fused-ring (bicyclic) bond motifs is 1. The van der Waals surface area contributed by atoms with Crippen molar-refractivity contribution in [1.82, 2.24) is 29.4 Å². The van der Waals surface area contributed by atoms with Crippen LogP contribution in [0.3, 0.4) is 0 Å². The lowest BCUT2D eigenvalue weighted by molar-refractivity contribution is 0.487. The van der Waals surface area contributed by atoms with Crippen molar-refractivity contribution in [3.05, 3.63) is 34.3 Å². The summed E-state index contributed by atoms with van der Waals surface area (Å²) >= 11 is 1.48. The normalized spacial score (nSPS) is 17.5. The van der Waals surface area contributed by atoms with E-state index in [1.807, 2.05) is 6.33 Å². The Morgan fingerprint density at radius 3 is 3.00 bits per heavy atom. The second kappa shape index (κ2) is 7.38. The number of rotatable bonds is 6. The number of hydrogen-bond acceptors (Lipinski definition) is 7. The van der Waals surface area contributed by atoms with E-state index in [4.69, 9.17) is 0 Å². The highest BCUT2D eigenvalue weighted by molar-refractivity contribution is 7.20. The molecule has 27 heavy (non-hydrogen) atoms. The SMILES string of the molecule is CCCc1cc(=O)n2nc(N3CCCC3c3nncn3CC(C)C)sc2n1. The van der Waals surface area contributed by atoms with Crippen LogP contribution in [0.2, 0.25) is 0 Å². The first kappa shape index (κ1) is 18.1. The molecule has 9 heteroatoms. The number of aromatic nitrogens is 6. The Balaban J connectivity index is 1.69. The zero-order valence-electron chi connectivity index (χ0n) is 16.0. The Morgan fingerprint density at radius 2 is 2.22 bits per heavy atom. The second-order valence-corrected chi connectivity index (χ2v) is 8.44. The minimum atomic E-state index is -0.107. The van der Waals surface area contributed by atoms with Crippen molar-refractivity contribution in [1.29, 1.82) is 0 Å². The van der Waals surface area contributed by atoms with Gasteiger partial charge in [-0.2, -0.15) is 4.52 Å². The lowest BCUT2D eigenvalue weighted by Gasteiger charge is -2.23. The van der Waals surface area contributed by atoms with Gasteiger partial charge in [0.05, 0.1) is 6.04 Å². The molecule has 3 aromatic heterocycles. The molecule has 1 unspecified atom stereocenters. The smallest absolute Gasteiger partial charge is 0.275 e. The Labute approximate surface area is 161 Å². The van der Waals surface area contributed by atoms with Gasteiger partial charge in [0, 0.05) is 24.8 Å². The standard InChI is InChI=1S/C18H25N7OS/c1-4-6-13-9-15(26)25-17(20-13)27-18(22-25)24-8-5-7-14(24)16-21-19-11-23(16)10-12(2)3/h9,11-12,14H,4-8,10H2,1-3H3. The summed E-state index contributed by atoms with van der Waals surface area (Å²) in [5.41, 5.74) is 0.733. The van der Waals surface area contributed by atoms with Crippen LogP contribution in [0.15, 0.2) is 17.2 Å². The molecule has 1 aliphatic rings. The second-order valence-electron chi connectivity index (χ2n) is 7.50. The minimum absolute atomic E-state index is 0.107. The third kappa shape index (κ3) is 3.47. The minimum Gasteiger partial charge on any atom is -0.336 e. The molecular formula is C18H25N7OS. The summed E-state index contributed by atoms with van der Waals surface area (Å²) in [4.78, 5) is 19.9. The molecule has 0 aromatic carbocycles. The molecule has 4 rings (SSSR count). The van der Waals surface area contributed by atoms with E-state index in [0.717, 1.165) is 55.4 Å². The molecular weight excluding hydrogens is 362 g/mol. The van der Waals surface area contributed by atoms with Gasteiger partial charge in [0.15, 0.2) is 5.82 Å². The number of nitrogens with zero attached hydrogens (tertiary/aromatic N) is 7. The van der Waals surface area contributed by atoms with Crippen molar-refractivity contribution in [2.45, 2.75) is 59.0 Å². The predicted molar refractivity (Wildman–Crippen MR) is 105 cm³/mol. The highest BCUT2D eigenvalue weighted by atomic mass is 32.1. The molecule has 0 N–H and O–H groups in total. The quantitative estimate of drug-likeness (QED) is 0.647. The van der Waals surface area contributed by atoms with Gasteiger partial charge in [-0.05, 0) is 25.2 Å². The average molecular weight is 388 g/mol. The molecule has 0 radical (unpaired) electrons. The van der Waals surface area contributed by atoms with E-state index in [9.17, 15) is 4.79 Å². The van der Waals surface area contributed by atoms with Gasteiger partial charge in [-0.25, -0.2) is 4.98 Å². The molecule has 0 aliphatic carbocycles. The maximum atomic E-state index is 12.4. The molecule has 0 bridgehead atoms. The molecule has 0 saturated carbocycles. The van der Waals surface area contributed by atoms with Crippen molar-refractivity contribution in [3.63, 3.8) is 0 Å². The van der Waals surface area contributed by atoms with E-state index in [-0.39, 0.29) is 11.6 Å². The average Bonchev–Trinajstić information content (AvgIpc) is 3.32. The maximum Gasteiger partial charge on any atom is 0.275 e. The third-order valence-corrected chi connectivity index (χ3v) is 5.74. The zero-order chi connectivity index (χ0) is 19.0. The van der Waals surface area contributed by atoms with Crippen LogP contribution in [0.4, 0.5) is 5.13 Å². The van der Waals surface area contributed by atoms with Crippen LogP contribution in [-0.2, 0) is 13.0 Å². The van der Waals surface area contributed by atoms with Crippen molar-refractivity contribution >= 4 is 21.4 Å². The lowest BCUT2D eigenvalue weighted by Crippen LogP contribution is -2.26. The van der Waals surface area contributed by atoms with Gasteiger partial charge >= 0.3 is 0 Å². The summed E-state index contributed by atoms with van der Waals surface area (Å²) < 4.78 is 3.57. The van der Waals surface area contributed by atoms with Crippen LogP contribution in [-0.4, -0.2) is 35.9 Å². The first-order chi connectivity index (χ1) is 13.1. The first-order valence-electron chi connectivity index (χ1n) is 9.61. The fraction of sp³-hybridized carbons (Fsp3) is 0.611. The van der Waals surface area contributed by atoms with Gasteiger partial charge in [0.2, 0.25) is 10.1 Å². The summed E-state index contributed by atoms with van der Waals surface area (Å²) in [6, 6.07) is 1.73. The predicted octanol–water partition coefficient (Wildman–Crippen LogP) is 2.69. The van der Waals surface area contributed by atoms with E-state index in [0.29, 0.717) is 10.9 Å². The van der Waals surface area contributed by atoms with Gasteiger partial charge in [0.1, 0.15) is 6.33 Å². The Bertz CT molecular complexity index is 989. The summed E-state index contributed by atoms with van der Waals surface area (Å²) in [6.45, 7) is 8.26. The fourth-order valence-corrected chi connectivity index (χ4v) is 4.67. The van der Waals surface area contributed by atoms with Gasteiger partial charge < -0.3 is 9.47 Å². The number of aryl methyl sites for hydroxylation is 1. The van der Waals surface area contributed by atoms with Crippen molar-refractivity contribution in [3.8, 4) is 0 Å². The zero-order valence-corrected chi connectivity index (χ0v) is 16.8. The largest absolute Gasteiger partial charge is 0.336 e. The molecule has 144 valence electrons. The molecule has 3 aromatic rings. The van der Waals surface area contributed by atoms with Crippen LogP contribution < -0.4 is 10.5 Å². The Kier molecular flexibility index (Phi) is 4.94. The van der Waals surface area contributed by atoms with E-state index >= 15 is 0 Å². The van der Waals surface area contributed by atoms with Crippen LogP contribution in [0, 0.1) is 5.92 Å². The Morgan fingerprint density at radius 1 is 1.37 bits per heavy atom. The van der Waals surface area contributed by atoms with Crippen LogP contribution >= 0.6 is 11.3 Å². The molecule has 1 atom stereocenters. The van der Waals surface area contributed by atoms with Crippen molar-refractivity contribution in [2.24, 2.45) is 5.92 Å². The highest BCUT2D eigenvalue weighted by Gasteiger charge is 2.32. The first-order valence-corrected chi connectivity index (χ1v) is 10.4. The lowest BCUT2D eigenvalue weighted by atomic mass is 10.2. The number of anilines is 1. The van der Waals surface area contributed by atoms with Crippen molar-refractivity contribution < 1.29 is 0 Å². The monoisotopic (exact) mass is 387 g/mol. The molecule has 1 aliphatic heterocycles. The molecule has 0 spiro atoms. The summed E-state index contributed by atoms with van der Waals surface area (Å²) in [6.07, 6.45) is 5.67. The third-order valence-electron chi connectivity index (χ3n) is 4.80. The summed E-state index contributed by atoms with van der Waals surface area (Å²) in [7, 11) is 0. The topological polar surface area (TPSA) is 81.2 Å². The molecule has 0 amide bonds. The molecule has 1 fully saturated rings. The van der Waals surface area contributed by atoms with Gasteiger partial charge in [-0.15, -0.1) is 15.3 Å². The van der Waals surface area contributed by atoms with Gasteiger partial charge in [-0.3, -0.25) is 4.79 Å². The van der Waals surface area contributed by atoms with Crippen molar-refractivity contribution in [2.75, 3.05) is 11.4 Å². The maximum absolute atomic E-state index is 12.4. The van der Waals surface area contributed by atoms with Crippen LogP contribution in [0.1, 0.15) is 57.6 Å². The Hall–Kier alpha value is -2.29. The van der Waals surface area contributed by atoms with Gasteiger partial charge in [-0.1, -0.05) is 38.5 Å². The summed E-state index contributed by atoms with van der Waals surface area (Å²) in [5.74, 6) is 1.50. The van der Waals surface area contributed by atoms with Gasteiger partial charge in [0.25, 0.3) is 5.56 Å². The van der Waals surface area contributed by atoms with E-state index in [1.165, 1.54) is 15.9 Å². The highest BCUT2D eigenvalue weighted by Crippen LogP contribution is 2.37. The van der Waals surface area contributed by atoms with Crippen LogP contribution in [0.25, 0.3) is 4.96 Å².